The molecule has 2 atom stereocenters. The molecule has 0 bridgehead atoms. The molecular formula is C37H64F2OSi2. The van der Waals surface area contributed by atoms with Crippen molar-refractivity contribution in [2.75, 3.05) is 6.61 Å². The normalized spacial score (nSPS) is 22.6. The van der Waals surface area contributed by atoms with E-state index in [4.69, 9.17) is 4.74 Å². The summed E-state index contributed by atoms with van der Waals surface area (Å²) in [5.74, 6) is 1.84. The molecule has 1 nitrogen and oxygen atoms in total. The molecule has 0 saturated heterocycles. The zero-order valence-corrected chi connectivity index (χ0v) is 30.4. The van der Waals surface area contributed by atoms with E-state index in [1.165, 1.54) is 75.5 Å². The van der Waals surface area contributed by atoms with Crippen LogP contribution in [-0.2, 0) is 0 Å². The Morgan fingerprint density at radius 1 is 0.833 bits per heavy atom. The van der Waals surface area contributed by atoms with E-state index < -0.39 is 27.8 Å². The number of unbranched alkanes of at least 4 members (excludes halogenated alkanes) is 1. The summed E-state index contributed by atoms with van der Waals surface area (Å²) < 4.78 is 35.9. The van der Waals surface area contributed by atoms with Gasteiger partial charge >= 0.3 is 0 Å². The lowest BCUT2D eigenvalue weighted by Crippen LogP contribution is -2.32. The fraction of sp³-hybridized carbons (Fsp3) is 0.784. The fourth-order valence-corrected chi connectivity index (χ4v) is 15.8. The lowest BCUT2D eigenvalue weighted by Gasteiger charge is -2.35. The van der Waals surface area contributed by atoms with Crippen molar-refractivity contribution in [3.05, 3.63) is 35.4 Å². The summed E-state index contributed by atoms with van der Waals surface area (Å²) in [6.07, 6.45) is 18.0. The maximum absolute atomic E-state index is 15.2. The SMILES string of the molecule is CCCC1CCC(C2CC=C(c3ccc(OCCCC[Si](C)(C)CC[Si](C)(C)CCC(C)CC)c(F)c3F)CC2)CC1. The molecule has 0 aromatic heterocycles. The number of allylic oxidation sites excluding steroid dienone is 2. The largest absolute Gasteiger partial charge is 0.490 e. The standard InChI is InChI=1S/C37H64F2OSi2/c1-8-12-30-13-15-31(16-14-30)32-17-19-33(20-18-32)34-21-22-35(37(39)36(34)38)40-24-10-11-25-41(4,5)27-28-42(6,7)26-23-29(3)9-2/h19,21-22,29-32H,8-18,20,23-28H2,1-7H3. The summed E-state index contributed by atoms with van der Waals surface area (Å²) in [4.78, 5) is 0. The van der Waals surface area contributed by atoms with E-state index in [1.807, 2.05) is 0 Å². The second kappa shape index (κ2) is 16.9. The zero-order chi connectivity index (χ0) is 30.8. The van der Waals surface area contributed by atoms with Gasteiger partial charge in [0.1, 0.15) is 0 Å². The second-order valence-corrected chi connectivity index (χ2v) is 26.4. The summed E-state index contributed by atoms with van der Waals surface area (Å²) in [5.41, 5.74) is 1.42. The minimum Gasteiger partial charge on any atom is -0.490 e. The van der Waals surface area contributed by atoms with Gasteiger partial charge in [-0.2, -0.15) is 4.39 Å². The van der Waals surface area contributed by atoms with Crippen molar-refractivity contribution >= 4 is 21.7 Å². The smallest absolute Gasteiger partial charge is 0.201 e. The van der Waals surface area contributed by atoms with Crippen LogP contribution in [0.2, 0.25) is 50.4 Å². The van der Waals surface area contributed by atoms with Crippen LogP contribution >= 0.6 is 0 Å². The fourth-order valence-electron chi connectivity index (χ4n) is 7.43. The highest BCUT2D eigenvalue weighted by Gasteiger charge is 2.30. The Morgan fingerprint density at radius 2 is 1.52 bits per heavy atom. The molecule has 1 fully saturated rings. The average molecular weight is 619 g/mol. The lowest BCUT2D eigenvalue weighted by atomic mass is 9.70. The molecule has 5 heteroatoms. The Hall–Kier alpha value is -0.946. The van der Waals surface area contributed by atoms with Crippen molar-refractivity contribution in [3.63, 3.8) is 0 Å². The minimum atomic E-state index is -1.24. The molecule has 1 aromatic rings. The van der Waals surface area contributed by atoms with Crippen molar-refractivity contribution in [1.82, 2.24) is 0 Å². The number of halogens is 2. The van der Waals surface area contributed by atoms with Crippen LogP contribution in [0.4, 0.5) is 8.78 Å². The summed E-state index contributed by atoms with van der Waals surface area (Å²) in [6, 6.07) is 9.02. The first-order valence-electron chi connectivity index (χ1n) is 17.7. The van der Waals surface area contributed by atoms with Gasteiger partial charge in [0.15, 0.2) is 11.6 Å². The predicted octanol–water partition coefficient (Wildman–Crippen LogP) is 12.8. The quantitative estimate of drug-likeness (QED) is 0.125. The molecule has 1 saturated carbocycles. The Balaban J connectivity index is 1.40. The molecule has 0 aliphatic heterocycles. The predicted molar refractivity (Wildman–Crippen MR) is 185 cm³/mol. The van der Waals surface area contributed by atoms with Gasteiger partial charge in [-0.25, -0.2) is 4.39 Å². The van der Waals surface area contributed by atoms with Crippen LogP contribution in [0.15, 0.2) is 18.2 Å². The van der Waals surface area contributed by atoms with Crippen LogP contribution in [0, 0.1) is 35.3 Å². The number of rotatable bonds is 17. The van der Waals surface area contributed by atoms with Gasteiger partial charge in [-0.1, -0.05) is 122 Å². The van der Waals surface area contributed by atoms with Gasteiger partial charge < -0.3 is 4.74 Å². The van der Waals surface area contributed by atoms with E-state index in [2.05, 4.69) is 53.0 Å². The van der Waals surface area contributed by atoms with Crippen LogP contribution < -0.4 is 4.74 Å². The first-order valence-corrected chi connectivity index (χ1v) is 24.6. The third-order valence-electron chi connectivity index (χ3n) is 11.1. The van der Waals surface area contributed by atoms with E-state index in [9.17, 15) is 0 Å². The molecule has 240 valence electrons. The summed E-state index contributed by atoms with van der Waals surface area (Å²) in [7, 11) is -2.35. The van der Waals surface area contributed by atoms with Crippen molar-refractivity contribution in [1.29, 1.82) is 0 Å². The molecule has 2 aliphatic rings. The first kappa shape index (κ1) is 35.5. The molecule has 0 amide bonds. The average Bonchev–Trinajstić information content (AvgIpc) is 2.98. The highest BCUT2D eigenvalue weighted by Crippen LogP contribution is 2.43. The van der Waals surface area contributed by atoms with E-state index in [1.54, 1.807) is 12.1 Å². The third kappa shape index (κ3) is 11.2. The van der Waals surface area contributed by atoms with Gasteiger partial charge in [0.25, 0.3) is 0 Å². The summed E-state index contributed by atoms with van der Waals surface area (Å²) in [6.45, 7) is 17.7. The van der Waals surface area contributed by atoms with Crippen LogP contribution in [0.5, 0.6) is 5.75 Å². The Morgan fingerprint density at radius 3 is 2.14 bits per heavy atom. The minimum absolute atomic E-state index is 0.0694. The number of hydrogen-bond acceptors (Lipinski definition) is 1. The molecule has 0 N–H and O–H groups in total. The van der Waals surface area contributed by atoms with Crippen molar-refractivity contribution in [2.24, 2.45) is 23.7 Å². The van der Waals surface area contributed by atoms with E-state index in [0.29, 0.717) is 18.1 Å². The molecule has 2 aliphatic carbocycles. The van der Waals surface area contributed by atoms with Crippen LogP contribution in [0.1, 0.15) is 110 Å². The van der Waals surface area contributed by atoms with Crippen LogP contribution in [-0.4, -0.2) is 22.8 Å². The zero-order valence-electron chi connectivity index (χ0n) is 28.4. The molecular weight excluding hydrogens is 555 g/mol. The number of hydrogen-bond donors (Lipinski definition) is 0. The van der Waals surface area contributed by atoms with Crippen LogP contribution in [0.3, 0.4) is 0 Å². The molecule has 1 aromatic carbocycles. The Bertz CT molecular complexity index is 980. The number of benzene rings is 1. The van der Waals surface area contributed by atoms with Gasteiger partial charge in [-0.05, 0) is 79.9 Å². The third-order valence-corrected chi connectivity index (χ3v) is 18.2. The Labute approximate surface area is 260 Å². The maximum Gasteiger partial charge on any atom is 0.201 e. The van der Waals surface area contributed by atoms with Gasteiger partial charge in [0, 0.05) is 21.7 Å². The Kier molecular flexibility index (Phi) is 14.3. The number of ether oxygens (including phenoxy) is 1. The van der Waals surface area contributed by atoms with Gasteiger partial charge in [0.2, 0.25) is 5.82 Å². The summed E-state index contributed by atoms with van der Waals surface area (Å²) in [5, 5.41) is 0. The van der Waals surface area contributed by atoms with E-state index >= 15 is 8.78 Å². The molecule has 0 radical (unpaired) electrons. The topological polar surface area (TPSA) is 9.23 Å². The van der Waals surface area contributed by atoms with Crippen molar-refractivity contribution in [2.45, 2.75) is 155 Å². The van der Waals surface area contributed by atoms with Crippen molar-refractivity contribution < 1.29 is 13.5 Å². The van der Waals surface area contributed by atoms with Gasteiger partial charge in [-0.3, -0.25) is 0 Å². The highest BCUT2D eigenvalue weighted by atomic mass is 28.3. The summed E-state index contributed by atoms with van der Waals surface area (Å²) >= 11 is 0. The molecule has 2 unspecified atom stereocenters. The van der Waals surface area contributed by atoms with E-state index in [-0.39, 0.29) is 5.75 Å². The monoisotopic (exact) mass is 618 g/mol. The lowest BCUT2D eigenvalue weighted by molar-refractivity contribution is 0.189. The van der Waals surface area contributed by atoms with Crippen LogP contribution in [0.25, 0.3) is 5.57 Å². The van der Waals surface area contributed by atoms with Gasteiger partial charge in [-0.15, -0.1) is 0 Å². The molecule has 0 spiro atoms. The highest BCUT2D eigenvalue weighted by molar-refractivity contribution is 6.82. The first-order chi connectivity index (χ1) is 19.9. The van der Waals surface area contributed by atoms with Crippen molar-refractivity contribution in [3.8, 4) is 5.75 Å². The second-order valence-electron chi connectivity index (χ2n) is 15.8. The maximum atomic E-state index is 15.2. The van der Waals surface area contributed by atoms with E-state index in [0.717, 1.165) is 55.4 Å². The van der Waals surface area contributed by atoms with Gasteiger partial charge in [0.05, 0.1) is 6.61 Å². The molecule has 42 heavy (non-hydrogen) atoms. The molecule has 3 rings (SSSR count). The molecule has 0 heterocycles.